The van der Waals surface area contributed by atoms with Gasteiger partial charge in [-0.15, -0.1) is 0 Å². The lowest BCUT2D eigenvalue weighted by atomic mass is 9.80. The third-order valence-electron chi connectivity index (χ3n) is 8.84. The predicted molar refractivity (Wildman–Crippen MR) is 153 cm³/mol. The molecule has 2 fully saturated rings. The van der Waals surface area contributed by atoms with Crippen molar-refractivity contribution in [3.8, 4) is 16.9 Å². The van der Waals surface area contributed by atoms with E-state index in [1.165, 1.54) is 16.7 Å². The number of hydrogen-bond donors (Lipinski definition) is 0. The molecule has 1 aliphatic carbocycles. The summed E-state index contributed by atoms with van der Waals surface area (Å²) in [5, 5.41) is 2.46. The molecule has 1 heterocycles. The summed E-state index contributed by atoms with van der Waals surface area (Å²) in [6, 6.07) is 28.0. The standard InChI is InChI=1S/C32H41NO3Si/c1-31(2,3)37(5,6)36-30-20-28-23-35-33(22-24-12-8-7-9-13-24)32(28,21-30)27-16-10-14-25(18-27)26-15-11-17-29(19-26)34-4/h7-19,28,30H,20-23H2,1-6H3. The summed E-state index contributed by atoms with van der Waals surface area (Å²) < 4.78 is 12.5. The molecule has 1 saturated carbocycles. The summed E-state index contributed by atoms with van der Waals surface area (Å²) in [6.07, 6.45) is 2.20. The molecule has 0 amide bonds. The molecule has 3 aromatic rings. The van der Waals surface area contributed by atoms with Gasteiger partial charge in [0.25, 0.3) is 0 Å². The normalized spacial score (nSPS) is 24.3. The number of nitrogens with zero attached hydrogens (tertiary/aromatic N) is 1. The highest BCUT2D eigenvalue weighted by Crippen LogP contribution is 2.55. The minimum Gasteiger partial charge on any atom is -0.497 e. The van der Waals surface area contributed by atoms with Crippen LogP contribution in [-0.4, -0.2) is 33.2 Å². The van der Waals surface area contributed by atoms with Crippen molar-refractivity contribution in [1.82, 2.24) is 5.06 Å². The maximum Gasteiger partial charge on any atom is 0.192 e. The lowest BCUT2D eigenvalue weighted by Crippen LogP contribution is -2.45. The van der Waals surface area contributed by atoms with Gasteiger partial charge in [-0.3, -0.25) is 4.84 Å². The van der Waals surface area contributed by atoms with Crippen molar-refractivity contribution < 1.29 is 14.0 Å². The first kappa shape index (κ1) is 26.2. The second kappa shape index (κ2) is 10.0. The van der Waals surface area contributed by atoms with E-state index in [2.05, 4.69) is 112 Å². The Bertz CT molecular complexity index is 1220. The maximum atomic E-state index is 7.03. The second-order valence-electron chi connectivity index (χ2n) is 12.2. The average Bonchev–Trinajstić information content (AvgIpc) is 3.40. The van der Waals surface area contributed by atoms with Gasteiger partial charge in [0.2, 0.25) is 0 Å². The first-order valence-corrected chi connectivity index (χ1v) is 16.4. The molecular formula is C32H41NO3Si. The third kappa shape index (κ3) is 5.02. The van der Waals surface area contributed by atoms with Gasteiger partial charge in [0.1, 0.15) is 5.75 Å². The third-order valence-corrected chi connectivity index (χ3v) is 13.4. The molecule has 196 valence electrons. The van der Waals surface area contributed by atoms with Crippen LogP contribution < -0.4 is 4.74 Å². The average molecular weight is 516 g/mol. The fraction of sp³-hybridized carbons (Fsp3) is 0.438. The Hall–Kier alpha value is -2.44. The predicted octanol–water partition coefficient (Wildman–Crippen LogP) is 7.81. The number of hydroxylamine groups is 2. The fourth-order valence-corrected chi connectivity index (χ4v) is 7.17. The Labute approximate surface area is 223 Å². The molecule has 1 saturated heterocycles. The van der Waals surface area contributed by atoms with E-state index in [1.54, 1.807) is 7.11 Å². The van der Waals surface area contributed by atoms with Gasteiger partial charge in [-0.1, -0.05) is 81.4 Å². The van der Waals surface area contributed by atoms with Crippen LogP contribution in [0.25, 0.3) is 11.1 Å². The Morgan fingerprint density at radius 1 is 0.946 bits per heavy atom. The number of hydrogen-bond acceptors (Lipinski definition) is 4. The van der Waals surface area contributed by atoms with Crippen LogP contribution in [-0.2, 0) is 21.3 Å². The van der Waals surface area contributed by atoms with Gasteiger partial charge in [0.05, 0.1) is 25.8 Å². The molecule has 0 radical (unpaired) electrons. The highest BCUT2D eigenvalue weighted by Gasteiger charge is 2.58. The summed E-state index contributed by atoms with van der Waals surface area (Å²) in [4.78, 5) is 6.48. The Morgan fingerprint density at radius 2 is 1.65 bits per heavy atom. The van der Waals surface area contributed by atoms with Gasteiger partial charge in [-0.2, -0.15) is 5.06 Å². The lowest BCUT2D eigenvalue weighted by Gasteiger charge is -2.40. The minimum absolute atomic E-state index is 0.185. The highest BCUT2D eigenvalue weighted by atomic mass is 28.4. The first-order chi connectivity index (χ1) is 17.6. The number of rotatable bonds is 7. The Kier molecular flexibility index (Phi) is 7.09. The molecule has 1 aliphatic heterocycles. The second-order valence-corrected chi connectivity index (χ2v) is 16.9. The zero-order valence-corrected chi connectivity index (χ0v) is 24.2. The molecule has 3 unspecified atom stereocenters. The van der Waals surface area contributed by atoms with Gasteiger partial charge in [-0.05, 0) is 71.4 Å². The van der Waals surface area contributed by atoms with Crippen molar-refractivity contribution in [2.24, 2.45) is 5.92 Å². The quantitative estimate of drug-likeness (QED) is 0.300. The molecule has 5 rings (SSSR count). The van der Waals surface area contributed by atoms with Crippen LogP contribution in [0.15, 0.2) is 78.9 Å². The van der Waals surface area contributed by atoms with Crippen molar-refractivity contribution in [2.75, 3.05) is 13.7 Å². The molecule has 3 atom stereocenters. The van der Waals surface area contributed by atoms with Crippen molar-refractivity contribution in [1.29, 1.82) is 0 Å². The number of methoxy groups -OCH3 is 1. The van der Waals surface area contributed by atoms with Crippen molar-refractivity contribution in [2.45, 2.75) is 69.9 Å². The maximum absolute atomic E-state index is 7.03. The molecule has 0 spiro atoms. The van der Waals surface area contributed by atoms with Gasteiger partial charge in [-0.25, -0.2) is 0 Å². The Balaban J connectivity index is 1.54. The molecule has 37 heavy (non-hydrogen) atoms. The minimum atomic E-state index is -1.90. The van der Waals surface area contributed by atoms with E-state index < -0.39 is 8.32 Å². The summed E-state index contributed by atoms with van der Waals surface area (Å²) in [5.41, 5.74) is 4.71. The van der Waals surface area contributed by atoms with Gasteiger partial charge in [0, 0.05) is 12.0 Å². The number of fused-ring (bicyclic) bond motifs is 1. The van der Waals surface area contributed by atoms with E-state index >= 15 is 0 Å². The summed E-state index contributed by atoms with van der Waals surface area (Å²) in [6.45, 7) is 13.2. The molecule has 0 aromatic heterocycles. The first-order valence-electron chi connectivity index (χ1n) is 13.5. The van der Waals surface area contributed by atoms with Gasteiger partial charge < -0.3 is 9.16 Å². The molecule has 5 heteroatoms. The van der Waals surface area contributed by atoms with Gasteiger partial charge >= 0.3 is 0 Å². The van der Waals surface area contributed by atoms with Crippen LogP contribution in [0.3, 0.4) is 0 Å². The van der Waals surface area contributed by atoms with E-state index in [0.717, 1.165) is 37.3 Å². The van der Waals surface area contributed by atoms with Crippen molar-refractivity contribution in [3.05, 3.63) is 90.0 Å². The van der Waals surface area contributed by atoms with Crippen LogP contribution in [0.2, 0.25) is 18.1 Å². The largest absolute Gasteiger partial charge is 0.497 e. The van der Waals surface area contributed by atoms with E-state index in [-0.39, 0.29) is 16.7 Å². The van der Waals surface area contributed by atoms with Crippen LogP contribution in [0.1, 0.15) is 44.7 Å². The van der Waals surface area contributed by atoms with E-state index in [1.807, 2.05) is 6.07 Å². The van der Waals surface area contributed by atoms with Crippen molar-refractivity contribution in [3.63, 3.8) is 0 Å². The van der Waals surface area contributed by atoms with E-state index in [9.17, 15) is 0 Å². The fourth-order valence-electron chi connectivity index (χ4n) is 5.80. The summed E-state index contributed by atoms with van der Waals surface area (Å²) in [7, 11) is -0.175. The Morgan fingerprint density at radius 3 is 2.35 bits per heavy atom. The molecule has 0 bridgehead atoms. The molecule has 2 aliphatic rings. The van der Waals surface area contributed by atoms with Crippen molar-refractivity contribution >= 4 is 8.32 Å². The lowest BCUT2D eigenvalue weighted by molar-refractivity contribution is -0.179. The SMILES string of the molecule is COc1cccc(-c2cccc(C34CC(O[Si](C)(C)C(C)(C)C)CC3CON4Cc3ccccc3)c2)c1. The zero-order valence-electron chi connectivity index (χ0n) is 23.2. The van der Waals surface area contributed by atoms with Crippen LogP contribution in [0.5, 0.6) is 5.75 Å². The smallest absolute Gasteiger partial charge is 0.192 e. The number of ether oxygens (including phenoxy) is 1. The highest BCUT2D eigenvalue weighted by molar-refractivity contribution is 6.74. The number of benzene rings is 3. The summed E-state index contributed by atoms with van der Waals surface area (Å²) in [5.74, 6) is 1.25. The molecule has 4 nitrogen and oxygen atoms in total. The van der Waals surface area contributed by atoms with E-state index in [0.29, 0.717) is 5.92 Å². The van der Waals surface area contributed by atoms with Gasteiger partial charge in [0.15, 0.2) is 8.32 Å². The molecular weight excluding hydrogens is 474 g/mol. The van der Waals surface area contributed by atoms with Crippen LogP contribution in [0.4, 0.5) is 0 Å². The topological polar surface area (TPSA) is 30.9 Å². The zero-order chi connectivity index (χ0) is 26.3. The van der Waals surface area contributed by atoms with E-state index in [4.69, 9.17) is 14.0 Å². The monoisotopic (exact) mass is 515 g/mol. The molecule has 0 N–H and O–H groups in total. The van der Waals surface area contributed by atoms with Crippen LogP contribution >= 0.6 is 0 Å². The summed E-state index contributed by atoms with van der Waals surface area (Å²) >= 11 is 0. The molecule has 3 aromatic carbocycles. The van der Waals surface area contributed by atoms with Crippen LogP contribution in [0, 0.1) is 5.92 Å².